The SMILES string of the molecule is Cc1ccc2nc(C3CC3)oc2c1C. The van der Waals surface area contributed by atoms with Crippen molar-refractivity contribution in [3.05, 3.63) is 29.2 Å². The minimum atomic E-state index is 0.599. The Morgan fingerprint density at radius 2 is 2.07 bits per heavy atom. The molecule has 2 aromatic rings. The molecule has 0 radical (unpaired) electrons. The fraction of sp³-hybridized carbons (Fsp3) is 0.417. The molecule has 1 heterocycles. The van der Waals surface area contributed by atoms with Gasteiger partial charge in [0.15, 0.2) is 11.5 Å². The van der Waals surface area contributed by atoms with Crippen LogP contribution in [0.25, 0.3) is 11.1 Å². The van der Waals surface area contributed by atoms with Gasteiger partial charge in [0, 0.05) is 5.92 Å². The zero-order chi connectivity index (χ0) is 9.71. The van der Waals surface area contributed by atoms with Crippen molar-refractivity contribution < 1.29 is 4.42 Å². The normalized spacial score (nSPS) is 16.4. The Bertz CT molecular complexity index is 494. The van der Waals surface area contributed by atoms with Crippen LogP contribution in [0.2, 0.25) is 0 Å². The first-order chi connectivity index (χ1) is 6.75. The molecule has 0 unspecified atom stereocenters. The number of benzene rings is 1. The average molecular weight is 187 g/mol. The predicted molar refractivity (Wildman–Crippen MR) is 55.5 cm³/mol. The first kappa shape index (κ1) is 8.04. The minimum Gasteiger partial charge on any atom is -0.440 e. The van der Waals surface area contributed by atoms with Crippen LogP contribution in [0.4, 0.5) is 0 Å². The van der Waals surface area contributed by atoms with Crippen LogP contribution >= 0.6 is 0 Å². The maximum absolute atomic E-state index is 5.79. The Morgan fingerprint density at radius 1 is 1.29 bits per heavy atom. The number of nitrogens with zero attached hydrogens (tertiary/aromatic N) is 1. The standard InChI is InChI=1S/C12H13NO/c1-7-3-6-10-11(8(7)2)14-12(13-10)9-4-5-9/h3,6,9H,4-5H2,1-2H3. The maximum Gasteiger partial charge on any atom is 0.198 e. The van der Waals surface area contributed by atoms with Gasteiger partial charge in [-0.3, -0.25) is 0 Å². The van der Waals surface area contributed by atoms with E-state index in [4.69, 9.17) is 4.42 Å². The molecule has 0 bridgehead atoms. The van der Waals surface area contributed by atoms with Gasteiger partial charge in [0.05, 0.1) is 0 Å². The van der Waals surface area contributed by atoms with Crippen LogP contribution < -0.4 is 0 Å². The third kappa shape index (κ3) is 1.07. The molecule has 1 saturated carbocycles. The summed E-state index contributed by atoms with van der Waals surface area (Å²) in [6.45, 7) is 4.20. The van der Waals surface area contributed by atoms with Crippen molar-refractivity contribution in [2.45, 2.75) is 32.6 Å². The molecule has 0 saturated heterocycles. The quantitative estimate of drug-likeness (QED) is 0.684. The highest BCUT2D eigenvalue weighted by Crippen LogP contribution is 2.41. The molecule has 1 aromatic heterocycles. The highest BCUT2D eigenvalue weighted by atomic mass is 16.3. The van der Waals surface area contributed by atoms with Crippen molar-refractivity contribution in [1.29, 1.82) is 0 Å². The van der Waals surface area contributed by atoms with Gasteiger partial charge in [-0.2, -0.15) is 0 Å². The van der Waals surface area contributed by atoms with E-state index in [0.717, 1.165) is 17.0 Å². The molecule has 0 spiro atoms. The summed E-state index contributed by atoms with van der Waals surface area (Å²) < 4.78 is 5.79. The molecule has 2 nitrogen and oxygen atoms in total. The highest BCUT2D eigenvalue weighted by Gasteiger charge is 2.29. The third-order valence-electron chi connectivity index (χ3n) is 3.02. The van der Waals surface area contributed by atoms with Crippen LogP contribution in [0, 0.1) is 13.8 Å². The maximum atomic E-state index is 5.79. The topological polar surface area (TPSA) is 26.0 Å². The van der Waals surface area contributed by atoms with Crippen LogP contribution in [-0.2, 0) is 0 Å². The number of rotatable bonds is 1. The smallest absolute Gasteiger partial charge is 0.198 e. The van der Waals surface area contributed by atoms with Crippen molar-refractivity contribution in [2.24, 2.45) is 0 Å². The van der Waals surface area contributed by atoms with E-state index in [-0.39, 0.29) is 0 Å². The van der Waals surface area contributed by atoms with Crippen LogP contribution in [0.5, 0.6) is 0 Å². The largest absolute Gasteiger partial charge is 0.440 e. The lowest BCUT2D eigenvalue weighted by molar-refractivity contribution is 0.531. The molecule has 0 aliphatic heterocycles. The van der Waals surface area contributed by atoms with Crippen LogP contribution in [-0.4, -0.2) is 4.98 Å². The lowest BCUT2D eigenvalue weighted by Gasteiger charge is -1.97. The van der Waals surface area contributed by atoms with Gasteiger partial charge in [0.2, 0.25) is 0 Å². The summed E-state index contributed by atoms with van der Waals surface area (Å²) >= 11 is 0. The van der Waals surface area contributed by atoms with Gasteiger partial charge >= 0.3 is 0 Å². The van der Waals surface area contributed by atoms with Gasteiger partial charge in [0.1, 0.15) is 5.52 Å². The lowest BCUT2D eigenvalue weighted by Crippen LogP contribution is -1.79. The van der Waals surface area contributed by atoms with E-state index in [2.05, 4.69) is 24.9 Å². The fourth-order valence-electron chi connectivity index (χ4n) is 1.74. The van der Waals surface area contributed by atoms with Crippen molar-refractivity contribution in [3.8, 4) is 0 Å². The molecule has 1 aliphatic carbocycles. The Hall–Kier alpha value is -1.31. The van der Waals surface area contributed by atoms with Crippen molar-refractivity contribution in [1.82, 2.24) is 4.98 Å². The second-order valence-electron chi connectivity index (χ2n) is 4.18. The molecule has 0 N–H and O–H groups in total. The predicted octanol–water partition coefficient (Wildman–Crippen LogP) is 3.32. The molecule has 3 rings (SSSR count). The van der Waals surface area contributed by atoms with Gasteiger partial charge < -0.3 is 4.42 Å². The number of hydrogen-bond donors (Lipinski definition) is 0. The third-order valence-corrected chi connectivity index (χ3v) is 3.02. The molecule has 0 atom stereocenters. The van der Waals surface area contributed by atoms with Gasteiger partial charge in [-0.15, -0.1) is 0 Å². The number of aromatic nitrogens is 1. The fourth-order valence-corrected chi connectivity index (χ4v) is 1.74. The van der Waals surface area contributed by atoms with Crippen molar-refractivity contribution >= 4 is 11.1 Å². The summed E-state index contributed by atoms with van der Waals surface area (Å²) in [6, 6.07) is 4.16. The first-order valence-electron chi connectivity index (χ1n) is 5.12. The van der Waals surface area contributed by atoms with E-state index in [0.29, 0.717) is 5.92 Å². The van der Waals surface area contributed by atoms with Crippen LogP contribution in [0.1, 0.15) is 35.8 Å². The molecule has 2 heteroatoms. The summed E-state index contributed by atoms with van der Waals surface area (Å²) in [5.41, 5.74) is 4.49. The van der Waals surface area contributed by atoms with Crippen LogP contribution in [0.15, 0.2) is 16.5 Å². The van der Waals surface area contributed by atoms with E-state index in [9.17, 15) is 0 Å². The number of fused-ring (bicyclic) bond motifs is 1. The molecular weight excluding hydrogens is 174 g/mol. The molecular formula is C12H13NO. The van der Waals surface area contributed by atoms with Gasteiger partial charge in [-0.05, 0) is 43.9 Å². The zero-order valence-electron chi connectivity index (χ0n) is 8.50. The molecule has 1 aromatic carbocycles. The lowest BCUT2D eigenvalue weighted by atomic mass is 10.1. The number of aryl methyl sites for hydroxylation is 2. The summed E-state index contributed by atoms with van der Waals surface area (Å²) in [7, 11) is 0. The molecule has 1 fully saturated rings. The Labute approximate surface area is 82.9 Å². The van der Waals surface area contributed by atoms with Crippen molar-refractivity contribution in [3.63, 3.8) is 0 Å². The zero-order valence-corrected chi connectivity index (χ0v) is 8.50. The molecule has 0 amide bonds. The van der Waals surface area contributed by atoms with E-state index in [1.807, 2.05) is 6.07 Å². The minimum absolute atomic E-state index is 0.599. The van der Waals surface area contributed by atoms with E-state index in [1.54, 1.807) is 0 Å². The Balaban J connectivity index is 2.26. The van der Waals surface area contributed by atoms with Crippen LogP contribution in [0.3, 0.4) is 0 Å². The summed E-state index contributed by atoms with van der Waals surface area (Å²) in [5.74, 6) is 1.54. The summed E-state index contributed by atoms with van der Waals surface area (Å²) in [5, 5.41) is 0. The molecule has 1 aliphatic rings. The van der Waals surface area contributed by atoms with Gasteiger partial charge in [0.25, 0.3) is 0 Å². The summed E-state index contributed by atoms with van der Waals surface area (Å²) in [6.07, 6.45) is 2.48. The van der Waals surface area contributed by atoms with Crippen molar-refractivity contribution in [2.75, 3.05) is 0 Å². The number of oxazole rings is 1. The number of hydrogen-bond acceptors (Lipinski definition) is 2. The second-order valence-corrected chi connectivity index (χ2v) is 4.18. The monoisotopic (exact) mass is 187 g/mol. The Morgan fingerprint density at radius 3 is 2.79 bits per heavy atom. The average Bonchev–Trinajstić information content (AvgIpc) is 2.93. The summed E-state index contributed by atoms with van der Waals surface area (Å²) in [4.78, 5) is 4.51. The highest BCUT2D eigenvalue weighted by molar-refractivity contribution is 5.77. The van der Waals surface area contributed by atoms with E-state index < -0.39 is 0 Å². The van der Waals surface area contributed by atoms with Gasteiger partial charge in [-0.25, -0.2) is 4.98 Å². The molecule has 14 heavy (non-hydrogen) atoms. The van der Waals surface area contributed by atoms with E-state index >= 15 is 0 Å². The Kier molecular flexibility index (Phi) is 1.49. The van der Waals surface area contributed by atoms with E-state index in [1.165, 1.54) is 24.0 Å². The first-order valence-corrected chi connectivity index (χ1v) is 5.12. The van der Waals surface area contributed by atoms with Gasteiger partial charge in [-0.1, -0.05) is 6.07 Å². The molecule has 72 valence electrons. The second kappa shape index (κ2) is 2.59.